The van der Waals surface area contributed by atoms with Crippen LogP contribution in [-0.4, -0.2) is 18.4 Å². The minimum Gasteiger partial charge on any atom is -0.462 e. The van der Waals surface area contributed by atoms with E-state index in [1.807, 2.05) is 6.92 Å². The minimum absolute atomic E-state index is 0.205. The molecule has 64 valence electrons. The molecular weight excluding hydrogens is 144 g/mol. The smallest absolute Gasteiger partial charge is 0.302 e. The van der Waals surface area contributed by atoms with Crippen molar-refractivity contribution >= 4 is 12.3 Å². The van der Waals surface area contributed by atoms with Gasteiger partial charge in [-0.1, -0.05) is 13.8 Å². The van der Waals surface area contributed by atoms with Crippen LogP contribution >= 0.6 is 0 Å². The lowest BCUT2D eigenvalue weighted by molar-refractivity contribution is -0.149. The summed E-state index contributed by atoms with van der Waals surface area (Å²) in [6.07, 6.45) is 1.22. The first-order valence-corrected chi connectivity index (χ1v) is 3.74. The van der Waals surface area contributed by atoms with Crippen LogP contribution in [0.25, 0.3) is 0 Å². The number of hydrogen-bond acceptors (Lipinski definition) is 3. The van der Waals surface area contributed by atoms with Crippen LogP contribution < -0.4 is 0 Å². The Bertz CT molecular complexity index is 142. The normalized spacial score (nSPS) is 15.2. The number of carbonyl (C=O) groups is 2. The second-order valence-corrected chi connectivity index (χ2v) is 2.55. The topological polar surface area (TPSA) is 43.4 Å². The number of esters is 1. The van der Waals surface area contributed by atoms with Gasteiger partial charge < -0.3 is 9.53 Å². The molecule has 2 unspecified atom stereocenters. The monoisotopic (exact) mass is 158 g/mol. The molecule has 0 spiro atoms. The summed E-state index contributed by atoms with van der Waals surface area (Å²) in [5.74, 6) is -0.533. The summed E-state index contributed by atoms with van der Waals surface area (Å²) < 4.78 is 4.88. The second kappa shape index (κ2) is 4.88. The molecule has 0 saturated heterocycles. The summed E-state index contributed by atoms with van der Waals surface area (Å²) >= 11 is 0. The van der Waals surface area contributed by atoms with E-state index >= 15 is 0 Å². The molecule has 2 atom stereocenters. The summed E-state index contributed by atoms with van der Waals surface area (Å²) in [4.78, 5) is 20.8. The number of aldehydes is 1. The number of rotatable bonds is 4. The maximum absolute atomic E-state index is 10.5. The van der Waals surface area contributed by atoms with Crippen molar-refractivity contribution in [2.75, 3.05) is 0 Å². The molecular formula is C8H14O3. The number of carbonyl (C=O) groups excluding carboxylic acids is 2. The first-order valence-electron chi connectivity index (χ1n) is 3.74. The molecule has 0 N–H and O–H groups in total. The number of hydrogen-bond donors (Lipinski definition) is 0. The van der Waals surface area contributed by atoms with Crippen molar-refractivity contribution in [2.45, 2.75) is 33.3 Å². The molecule has 0 aliphatic rings. The van der Waals surface area contributed by atoms with Crippen molar-refractivity contribution in [3.05, 3.63) is 0 Å². The zero-order chi connectivity index (χ0) is 8.85. The van der Waals surface area contributed by atoms with E-state index in [1.165, 1.54) is 6.92 Å². The van der Waals surface area contributed by atoms with Gasteiger partial charge in [0.05, 0.1) is 0 Å². The van der Waals surface area contributed by atoms with Crippen molar-refractivity contribution in [1.82, 2.24) is 0 Å². The van der Waals surface area contributed by atoms with Gasteiger partial charge in [-0.25, -0.2) is 0 Å². The molecule has 0 saturated carbocycles. The van der Waals surface area contributed by atoms with Crippen LogP contribution in [0, 0.1) is 5.92 Å². The van der Waals surface area contributed by atoms with Crippen LogP contribution in [0.4, 0.5) is 0 Å². The zero-order valence-electron chi connectivity index (χ0n) is 7.16. The predicted octanol–water partition coefficient (Wildman–Crippen LogP) is 1.16. The van der Waals surface area contributed by atoms with Gasteiger partial charge in [0.15, 0.2) is 0 Å². The third-order valence-corrected chi connectivity index (χ3v) is 1.52. The third kappa shape index (κ3) is 3.75. The van der Waals surface area contributed by atoms with E-state index in [2.05, 4.69) is 0 Å². The summed E-state index contributed by atoms with van der Waals surface area (Å²) in [5.41, 5.74) is 0. The zero-order valence-corrected chi connectivity index (χ0v) is 7.16. The molecule has 0 aliphatic carbocycles. The molecule has 0 aromatic carbocycles. The Labute approximate surface area is 66.7 Å². The standard InChI is InChI=1S/C8H14O3/c1-4-8(6(2)5-9)11-7(3)10/h5-6,8H,4H2,1-3H3. The van der Waals surface area contributed by atoms with Crippen molar-refractivity contribution in [1.29, 1.82) is 0 Å². The first-order chi connectivity index (χ1) is 5.11. The van der Waals surface area contributed by atoms with Crippen molar-refractivity contribution in [3.8, 4) is 0 Å². The summed E-state index contributed by atoms with van der Waals surface area (Å²) in [5, 5.41) is 0. The maximum atomic E-state index is 10.5. The molecule has 3 nitrogen and oxygen atoms in total. The van der Waals surface area contributed by atoms with Crippen molar-refractivity contribution in [3.63, 3.8) is 0 Å². The fraction of sp³-hybridized carbons (Fsp3) is 0.750. The average Bonchev–Trinajstić information content (AvgIpc) is 1.98. The van der Waals surface area contributed by atoms with Gasteiger partial charge in [0, 0.05) is 12.8 Å². The van der Waals surface area contributed by atoms with Gasteiger partial charge in [-0.3, -0.25) is 4.79 Å². The summed E-state index contributed by atoms with van der Waals surface area (Å²) in [6, 6.07) is 0. The molecule has 0 fully saturated rings. The quantitative estimate of drug-likeness (QED) is 0.455. The van der Waals surface area contributed by atoms with Crippen LogP contribution in [0.15, 0.2) is 0 Å². The molecule has 0 radical (unpaired) electrons. The Morgan fingerprint density at radius 1 is 1.64 bits per heavy atom. The van der Waals surface area contributed by atoms with Gasteiger partial charge in [0.25, 0.3) is 0 Å². The van der Waals surface area contributed by atoms with E-state index in [9.17, 15) is 9.59 Å². The highest BCUT2D eigenvalue weighted by Gasteiger charge is 2.16. The number of ether oxygens (including phenoxy) is 1. The van der Waals surface area contributed by atoms with Crippen molar-refractivity contribution in [2.24, 2.45) is 5.92 Å². The van der Waals surface area contributed by atoms with Crippen LogP contribution in [0.3, 0.4) is 0 Å². The molecule has 0 bridgehead atoms. The van der Waals surface area contributed by atoms with Gasteiger partial charge in [-0.2, -0.15) is 0 Å². The second-order valence-electron chi connectivity index (χ2n) is 2.55. The van der Waals surface area contributed by atoms with E-state index in [4.69, 9.17) is 4.74 Å². The van der Waals surface area contributed by atoms with Gasteiger partial charge in [0.1, 0.15) is 12.4 Å². The van der Waals surface area contributed by atoms with Gasteiger partial charge in [-0.05, 0) is 6.42 Å². The summed E-state index contributed by atoms with van der Waals surface area (Å²) in [7, 11) is 0. The Kier molecular flexibility index (Phi) is 4.50. The Hall–Kier alpha value is -0.860. The Morgan fingerprint density at radius 2 is 2.18 bits per heavy atom. The minimum atomic E-state index is -0.328. The van der Waals surface area contributed by atoms with Crippen LogP contribution in [-0.2, 0) is 14.3 Å². The van der Waals surface area contributed by atoms with E-state index in [0.29, 0.717) is 6.42 Å². The Balaban J connectivity index is 3.93. The van der Waals surface area contributed by atoms with Gasteiger partial charge >= 0.3 is 5.97 Å². The molecule has 0 aromatic rings. The largest absolute Gasteiger partial charge is 0.462 e. The molecule has 0 aliphatic heterocycles. The molecule has 0 aromatic heterocycles. The Morgan fingerprint density at radius 3 is 2.45 bits per heavy atom. The predicted molar refractivity (Wildman–Crippen MR) is 41.1 cm³/mol. The first kappa shape index (κ1) is 10.1. The summed E-state index contributed by atoms with van der Waals surface area (Å²) in [6.45, 7) is 4.97. The lowest BCUT2D eigenvalue weighted by Gasteiger charge is -2.17. The van der Waals surface area contributed by atoms with E-state index in [1.54, 1.807) is 6.92 Å². The average molecular weight is 158 g/mol. The van der Waals surface area contributed by atoms with Crippen LogP contribution in [0.2, 0.25) is 0 Å². The highest BCUT2D eigenvalue weighted by atomic mass is 16.5. The van der Waals surface area contributed by atoms with E-state index in [-0.39, 0.29) is 18.0 Å². The highest BCUT2D eigenvalue weighted by molar-refractivity contribution is 5.66. The molecule has 0 heterocycles. The third-order valence-electron chi connectivity index (χ3n) is 1.52. The van der Waals surface area contributed by atoms with Crippen LogP contribution in [0.5, 0.6) is 0 Å². The molecule has 0 rings (SSSR count). The maximum Gasteiger partial charge on any atom is 0.302 e. The molecule has 0 amide bonds. The molecule has 3 heteroatoms. The van der Waals surface area contributed by atoms with Crippen molar-refractivity contribution < 1.29 is 14.3 Å². The van der Waals surface area contributed by atoms with E-state index < -0.39 is 0 Å². The fourth-order valence-electron chi connectivity index (χ4n) is 0.863. The van der Waals surface area contributed by atoms with E-state index in [0.717, 1.165) is 6.29 Å². The lowest BCUT2D eigenvalue weighted by Crippen LogP contribution is -2.24. The van der Waals surface area contributed by atoms with Gasteiger partial charge in [0.2, 0.25) is 0 Å². The molecule has 11 heavy (non-hydrogen) atoms. The van der Waals surface area contributed by atoms with Gasteiger partial charge in [-0.15, -0.1) is 0 Å². The fourth-order valence-corrected chi connectivity index (χ4v) is 0.863. The van der Waals surface area contributed by atoms with Crippen LogP contribution in [0.1, 0.15) is 27.2 Å². The lowest BCUT2D eigenvalue weighted by atomic mass is 10.0. The SMILES string of the molecule is CCC(OC(C)=O)C(C)C=O. The highest BCUT2D eigenvalue weighted by Crippen LogP contribution is 2.08.